The molecule has 1 N–H and O–H groups in total. The number of esters is 1. The van der Waals surface area contributed by atoms with E-state index in [1.807, 2.05) is 0 Å². The van der Waals surface area contributed by atoms with Gasteiger partial charge in [0.1, 0.15) is 17.2 Å². The molecule has 1 aliphatic carbocycles. The summed E-state index contributed by atoms with van der Waals surface area (Å²) in [5, 5.41) is 3.38. The summed E-state index contributed by atoms with van der Waals surface area (Å²) in [5.41, 5.74) is 0.899. The van der Waals surface area contributed by atoms with Crippen molar-refractivity contribution in [2.75, 3.05) is 0 Å². The molecule has 0 spiro atoms. The molecule has 1 aromatic heterocycles. The first-order valence-electron chi connectivity index (χ1n) is 9.54. The standard InChI is InChI=1S/C21H24ClNO6/c1-11(23-20(26)29-21(2,3)4)18(24)28-17-10-16-14(9-15(17)22)12-7-5-6-8-13(12)19(25)27-16/h9-11H,5-8H2,1-4H3,(H,23,26)/t11-/m0/s1. The number of nitrogens with one attached hydrogen (secondary N) is 1. The van der Waals surface area contributed by atoms with E-state index in [0.29, 0.717) is 17.6 Å². The van der Waals surface area contributed by atoms with Crippen LogP contribution in [0.15, 0.2) is 21.3 Å². The molecule has 156 valence electrons. The Morgan fingerprint density at radius 1 is 1.17 bits per heavy atom. The zero-order valence-electron chi connectivity index (χ0n) is 16.9. The van der Waals surface area contributed by atoms with E-state index in [2.05, 4.69) is 5.32 Å². The molecule has 1 atom stereocenters. The summed E-state index contributed by atoms with van der Waals surface area (Å²) >= 11 is 6.32. The Labute approximate surface area is 173 Å². The first-order valence-corrected chi connectivity index (χ1v) is 9.92. The fraction of sp³-hybridized carbons (Fsp3) is 0.476. The van der Waals surface area contributed by atoms with Crippen LogP contribution >= 0.6 is 11.6 Å². The summed E-state index contributed by atoms with van der Waals surface area (Å²) < 4.78 is 15.9. The van der Waals surface area contributed by atoms with Gasteiger partial charge in [0.2, 0.25) is 0 Å². The number of carbonyl (C=O) groups is 2. The van der Waals surface area contributed by atoms with Crippen LogP contribution in [0.2, 0.25) is 5.02 Å². The van der Waals surface area contributed by atoms with Gasteiger partial charge in [-0.15, -0.1) is 0 Å². The number of hydrogen-bond donors (Lipinski definition) is 1. The number of ether oxygens (including phenoxy) is 2. The summed E-state index contributed by atoms with van der Waals surface area (Å²) in [6, 6.07) is 2.12. The van der Waals surface area contributed by atoms with Crippen LogP contribution in [0, 0.1) is 0 Å². The number of carbonyl (C=O) groups excluding carboxylic acids is 2. The Kier molecular flexibility index (Phi) is 5.89. The summed E-state index contributed by atoms with van der Waals surface area (Å²) in [4.78, 5) is 36.5. The van der Waals surface area contributed by atoms with Crippen molar-refractivity contribution < 1.29 is 23.5 Å². The highest BCUT2D eigenvalue weighted by molar-refractivity contribution is 6.33. The Bertz CT molecular complexity index is 1020. The van der Waals surface area contributed by atoms with Gasteiger partial charge in [-0.1, -0.05) is 11.6 Å². The van der Waals surface area contributed by atoms with Gasteiger partial charge in [0, 0.05) is 17.0 Å². The lowest BCUT2D eigenvalue weighted by Crippen LogP contribution is -2.43. The number of benzene rings is 1. The van der Waals surface area contributed by atoms with Crippen molar-refractivity contribution in [1.82, 2.24) is 5.32 Å². The topological polar surface area (TPSA) is 94.8 Å². The predicted molar refractivity (Wildman–Crippen MR) is 109 cm³/mol. The Morgan fingerprint density at radius 2 is 1.83 bits per heavy atom. The van der Waals surface area contributed by atoms with Gasteiger partial charge in [-0.25, -0.2) is 14.4 Å². The second kappa shape index (κ2) is 8.06. The highest BCUT2D eigenvalue weighted by atomic mass is 35.5. The smallest absolute Gasteiger partial charge is 0.408 e. The summed E-state index contributed by atoms with van der Waals surface area (Å²) in [6.45, 7) is 6.63. The molecule has 8 heteroatoms. The molecule has 2 aromatic rings. The summed E-state index contributed by atoms with van der Waals surface area (Å²) in [5.74, 6) is -0.668. The highest BCUT2D eigenvalue weighted by Crippen LogP contribution is 2.34. The fourth-order valence-electron chi connectivity index (χ4n) is 3.26. The fourth-order valence-corrected chi connectivity index (χ4v) is 3.46. The molecule has 1 aliphatic rings. The maximum Gasteiger partial charge on any atom is 0.408 e. The molecule has 0 saturated carbocycles. The molecule has 1 aromatic carbocycles. The van der Waals surface area contributed by atoms with Crippen molar-refractivity contribution in [3.05, 3.63) is 38.7 Å². The SMILES string of the molecule is C[C@H](NC(=O)OC(C)(C)C)C(=O)Oc1cc2oc(=O)c3c(c2cc1Cl)CCCC3. The average Bonchev–Trinajstić information content (AvgIpc) is 2.61. The van der Waals surface area contributed by atoms with Crippen molar-refractivity contribution in [3.63, 3.8) is 0 Å². The van der Waals surface area contributed by atoms with Crippen molar-refractivity contribution >= 4 is 34.6 Å². The first-order chi connectivity index (χ1) is 13.5. The van der Waals surface area contributed by atoms with Crippen LogP contribution in [0.1, 0.15) is 51.7 Å². The van der Waals surface area contributed by atoms with E-state index in [4.69, 9.17) is 25.5 Å². The second-order valence-electron chi connectivity index (χ2n) is 8.12. The molecule has 3 rings (SSSR count). The lowest BCUT2D eigenvalue weighted by Gasteiger charge is -2.21. The van der Waals surface area contributed by atoms with Crippen LogP contribution in [0.3, 0.4) is 0 Å². The van der Waals surface area contributed by atoms with E-state index in [0.717, 1.165) is 30.2 Å². The number of aryl methyl sites for hydroxylation is 1. The molecular weight excluding hydrogens is 398 g/mol. The molecule has 0 unspecified atom stereocenters. The minimum absolute atomic E-state index is 0.0564. The van der Waals surface area contributed by atoms with Crippen molar-refractivity contribution in [2.45, 2.75) is 65.0 Å². The maximum absolute atomic E-state index is 12.4. The average molecular weight is 422 g/mol. The third kappa shape index (κ3) is 4.90. The van der Waals surface area contributed by atoms with Crippen molar-refractivity contribution in [2.24, 2.45) is 0 Å². The van der Waals surface area contributed by atoms with Gasteiger partial charge in [-0.2, -0.15) is 0 Å². The minimum Gasteiger partial charge on any atom is -0.444 e. The lowest BCUT2D eigenvalue weighted by molar-refractivity contribution is -0.136. The molecule has 1 heterocycles. The largest absolute Gasteiger partial charge is 0.444 e. The van der Waals surface area contributed by atoms with Gasteiger partial charge in [-0.3, -0.25) is 0 Å². The minimum atomic E-state index is -0.966. The molecule has 0 radical (unpaired) electrons. The Balaban J connectivity index is 1.81. The van der Waals surface area contributed by atoms with E-state index in [1.165, 1.54) is 13.0 Å². The number of fused-ring (bicyclic) bond motifs is 3. The maximum atomic E-state index is 12.4. The van der Waals surface area contributed by atoms with Crippen LogP contribution < -0.4 is 15.7 Å². The number of hydrogen-bond acceptors (Lipinski definition) is 6. The van der Waals surface area contributed by atoms with E-state index >= 15 is 0 Å². The van der Waals surface area contributed by atoms with Crippen LogP contribution in [0.25, 0.3) is 11.0 Å². The number of amides is 1. The van der Waals surface area contributed by atoms with E-state index in [9.17, 15) is 14.4 Å². The Morgan fingerprint density at radius 3 is 2.48 bits per heavy atom. The van der Waals surface area contributed by atoms with Gasteiger partial charge in [0.05, 0.1) is 5.02 Å². The number of alkyl carbamates (subject to hydrolysis) is 1. The zero-order valence-corrected chi connectivity index (χ0v) is 17.6. The lowest BCUT2D eigenvalue weighted by atomic mass is 9.91. The second-order valence-corrected chi connectivity index (χ2v) is 8.53. The van der Waals surface area contributed by atoms with Crippen molar-refractivity contribution in [3.8, 4) is 5.75 Å². The third-order valence-electron chi connectivity index (χ3n) is 4.57. The van der Waals surface area contributed by atoms with Crippen LogP contribution in [0.4, 0.5) is 4.79 Å². The quantitative estimate of drug-likeness (QED) is 0.454. The number of rotatable bonds is 3. The summed E-state index contributed by atoms with van der Waals surface area (Å²) in [7, 11) is 0. The molecule has 0 bridgehead atoms. The summed E-state index contributed by atoms with van der Waals surface area (Å²) in [6.07, 6.45) is 2.69. The van der Waals surface area contributed by atoms with Gasteiger partial charge < -0.3 is 19.2 Å². The van der Waals surface area contributed by atoms with Crippen LogP contribution in [-0.4, -0.2) is 23.7 Å². The molecule has 0 aliphatic heterocycles. The number of halogens is 1. The Hall–Kier alpha value is -2.54. The van der Waals surface area contributed by atoms with Crippen LogP contribution in [0.5, 0.6) is 5.75 Å². The van der Waals surface area contributed by atoms with Gasteiger partial charge in [0.15, 0.2) is 5.75 Å². The normalized spacial score (nSPS) is 14.8. The van der Waals surface area contributed by atoms with E-state index < -0.39 is 23.7 Å². The first kappa shape index (κ1) is 21.2. The van der Waals surface area contributed by atoms with Gasteiger partial charge >= 0.3 is 17.7 Å². The van der Waals surface area contributed by atoms with E-state index in [1.54, 1.807) is 26.8 Å². The molecule has 7 nitrogen and oxygen atoms in total. The zero-order chi connectivity index (χ0) is 21.3. The van der Waals surface area contributed by atoms with E-state index in [-0.39, 0.29) is 16.4 Å². The predicted octanol–water partition coefficient (Wildman–Crippen LogP) is 4.14. The highest BCUT2D eigenvalue weighted by Gasteiger charge is 2.24. The molecule has 0 fully saturated rings. The monoisotopic (exact) mass is 421 g/mol. The van der Waals surface area contributed by atoms with Crippen molar-refractivity contribution in [1.29, 1.82) is 0 Å². The molecular formula is C21H24ClNO6. The molecule has 29 heavy (non-hydrogen) atoms. The van der Waals surface area contributed by atoms with Gasteiger partial charge in [-0.05, 0) is 65.0 Å². The van der Waals surface area contributed by atoms with Gasteiger partial charge in [0.25, 0.3) is 0 Å². The van der Waals surface area contributed by atoms with Crippen LogP contribution in [-0.2, 0) is 22.4 Å². The molecule has 0 saturated heterocycles. The third-order valence-corrected chi connectivity index (χ3v) is 4.87. The molecule has 1 amide bonds.